The molecule has 0 unspecified atom stereocenters. The number of carbonyl (C=O) groups excluding carboxylic acids is 2. The summed E-state index contributed by atoms with van der Waals surface area (Å²) in [5, 5.41) is 26.0. The molecule has 2 atom stereocenters. The number of ether oxygens (including phenoxy) is 2. The van der Waals surface area contributed by atoms with E-state index in [1.54, 1.807) is 14.2 Å². The molecule has 2 amide bonds. The van der Waals surface area contributed by atoms with Gasteiger partial charge in [0.25, 0.3) is 0 Å². The lowest BCUT2D eigenvalue weighted by atomic mass is 9.94. The first-order valence-corrected chi connectivity index (χ1v) is 15.2. The highest BCUT2D eigenvalue weighted by atomic mass is 32.1. The Morgan fingerprint density at radius 2 is 1.17 bits per heavy atom. The van der Waals surface area contributed by atoms with E-state index in [0.29, 0.717) is 21.8 Å². The molecule has 0 bridgehead atoms. The zero-order valence-electron chi connectivity index (χ0n) is 23.0. The smallest absolute Gasteiger partial charge is 0.230 e. The first-order valence-electron chi connectivity index (χ1n) is 13.5. The minimum absolute atomic E-state index is 0.162. The van der Waals surface area contributed by atoms with Crippen LogP contribution in [0.2, 0.25) is 0 Å². The van der Waals surface area contributed by atoms with Gasteiger partial charge in [0.2, 0.25) is 22.1 Å². The van der Waals surface area contributed by atoms with E-state index in [0.717, 1.165) is 53.2 Å². The van der Waals surface area contributed by atoms with Crippen molar-refractivity contribution < 1.29 is 19.1 Å². The van der Waals surface area contributed by atoms with Gasteiger partial charge in [-0.15, -0.1) is 20.4 Å². The second-order valence-corrected chi connectivity index (χ2v) is 11.9. The molecule has 2 aromatic heterocycles. The highest BCUT2D eigenvalue weighted by Crippen LogP contribution is 2.42. The van der Waals surface area contributed by atoms with E-state index in [1.807, 2.05) is 48.5 Å². The summed E-state index contributed by atoms with van der Waals surface area (Å²) >= 11 is 2.85. The van der Waals surface area contributed by atoms with E-state index in [-0.39, 0.29) is 36.5 Å². The lowest BCUT2D eigenvalue weighted by Crippen LogP contribution is -2.14. The van der Waals surface area contributed by atoms with Crippen molar-refractivity contribution in [1.29, 1.82) is 0 Å². The number of hydrogen-bond donors (Lipinski definition) is 2. The first kappa shape index (κ1) is 28.6. The monoisotopic (exact) mass is 592 g/mol. The van der Waals surface area contributed by atoms with Crippen LogP contribution < -0.4 is 20.1 Å². The van der Waals surface area contributed by atoms with Crippen LogP contribution in [-0.4, -0.2) is 46.4 Å². The fourth-order valence-electron chi connectivity index (χ4n) is 5.08. The predicted octanol–water partition coefficient (Wildman–Crippen LogP) is 5.60. The topological polar surface area (TPSA) is 128 Å². The predicted molar refractivity (Wildman–Crippen MR) is 159 cm³/mol. The van der Waals surface area contributed by atoms with Crippen LogP contribution in [0.3, 0.4) is 0 Å². The second kappa shape index (κ2) is 13.6. The number of nitrogens with zero attached hydrogens (tertiary/aromatic N) is 4. The van der Waals surface area contributed by atoms with E-state index in [4.69, 9.17) is 9.47 Å². The third-order valence-corrected chi connectivity index (χ3v) is 9.09. The number of amides is 2. The van der Waals surface area contributed by atoms with Crippen LogP contribution in [0.1, 0.15) is 65.1 Å². The van der Waals surface area contributed by atoms with Crippen molar-refractivity contribution in [2.24, 2.45) is 0 Å². The summed E-state index contributed by atoms with van der Waals surface area (Å²) in [7, 11) is 3.19. The minimum atomic E-state index is -0.162. The molecule has 1 saturated carbocycles. The van der Waals surface area contributed by atoms with E-state index in [1.165, 1.54) is 22.7 Å². The Morgan fingerprint density at radius 3 is 1.61 bits per heavy atom. The highest BCUT2D eigenvalue weighted by molar-refractivity contribution is 7.15. The van der Waals surface area contributed by atoms with Crippen molar-refractivity contribution in [2.75, 3.05) is 24.9 Å². The summed E-state index contributed by atoms with van der Waals surface area (Å²) in [4.78, 5) is 25.3. The van der Waals surface area contributed by atoms with E-state index < -0.39 is 0 Å². The van der Waals surface area contributed by atoms with Gasteiger partial charge in [0.05, 0.1) is 27.1 Å². The van der Waals surface area contributed by atoms with Crippen molar-refractivity contribution >= 4 is 44.8 Å². The molecule has 12 heteroatoms. The molecule has 1 fully saturated rings. The molecular formula is C29H32N6O4S2. The normalized spacial score (nSPS) is 16.9. The molecule has 2 N–H and O–H groups in total. The Kier molecular flexibility index (Phi) is 9.52. The molecule has 2 heterocycles. The quantitative estimate of drug-likeness (QED) is 0.228. The van der Waals surface area contributed by atoms with Crippen LogP contribution in [0.5, 0.6) is 11.5 Å². The van der Waals surface area contributed by atoms with E-state index in [2.05, 4.69) is 31.0 Å². The van der Waals surface area contributed by atoms with Crippen LogP contribution in [0.4, 0.5) is 10.3 Å². The average Bonchev–Trinajstić information content (AvgIpc) is 3.57. The number of nitrogens with one attached hydrogen (secondary N) is 2. The number of benzene rings is 2. The van der Waals surface area contributed by atoms with E-state index in [9.17, 15) is 9.59 Å². The fourth-order valence-corrected chi connectivity index (χ4v) is 6.89. The third kappa shape index (κ3) is 7.44. The number of methoxy groups -OCH3 is 2. The zero-order valence-corrected chi connectivity index (χ0v) is 24.6. The van der Waals surface area contributed by atoms with Gasteiger partial charge < -0.3 is 20.1 Å². The zero-order chi connectivity index (χ0) is 28.6. The molecule has 2 aromatic carbocycles. The van der Waals surface area contributed by atoms with Crippen molar-refractivity contribution in [3.8, 4) is 11.5 Å². The number of para-hydroxylation sites is 2. The molecule has 0 radical (unpaired) electrons. The molecule has 4 aromatic rings. The van der Waals surface area contributed by atoms with Gasteiger partial charge in [-0.05, 0) is 31.4 Å². The summed E-state index contributed by atoms with van der Waals surface area (Å²) < 4.78 is 10.7. The number of hydrogen-bond acceptors (Lipinski definition) is 10. The van der Waals surface area contributed by atoms with Crippen LogP contribution >= 0.6 is 22.7 Å². The maximum absolute atomic E-state index is 12.7. The SMILES string of the molecule is COc1ccccc1CC(=O)Nc1nnc([C@@H]2CCCC[C@H](c3nnc(NC(=O)Cc4ccccc4OC)s3)C2)s1. The van der Waals surface area contributed by atoms with Crippen molar-refractivity contribution in [1.82, 2.24) is 20.4 Å². The Hall–Kier alpha value is -3.90. The Balaban J connectivity index is 1.18. The standard InChI is InChI=1S/C29H32N6O4S2/c1-38-22-13-7-5-9-18(22)16-24(36)30-28-34-32-26(40-28)20-11-3-4-12-21(15-20)27-33-35-29(41-27)31-25(37)17-19-10-6-8-14-23(19)39-2/h5-10,13-14,20-21H,3-4,11-12,15-17H2,1-2H3,(H,30,34,36)(H,31,35,37)/t20-,21+. The molecule has 0 saturated heterocycles. The van der Waals surface area contributed by atoms with Crippen LogP contribution in [0.25, 0.3) is 0 Å². The summed E-state index contributed by atoms with van der Waals surface area (Å²) in [5.74, 6) is 1.47. The molecular weight excluding hydrogens is 560 g/mol. The van der Waals surface area contributed by atoms with Crippen LogP contribution in [0.15, 0.2) is 48.5 Å². The van der Waals surface area contributed by atoms with Gasteiger partial charge in [0.1, 0.15) is 21.5 Å². The van der Waals surface area contributed by atoms with E-state index >= 15 is 0 Å². The Bertz CT molecular complexity index is 1380. The van der Waals surface area contributed by atoms with Crippen LogP contribution in [0, 0.1) is 0 Å². The van der Waals surface area contributed by atoms with Crippen molar-refractivity contribution in [3.63, 3.8) is 0 Å². The molecule has 10 nitrogen and oxygen atoms in total. The summed E-state index contributed by atoms with van der Waals surface area (Å²) in [6.07, 6.45) is 5.42. The van der Waals surface area contributed by atoms with Gasteiger partial charge in [-0.1, -0.05) is 71.9 Å². The van der Waals surface area contributed by atoms with Gasteiger partial charge in [-0.2, -0.15) is 0 Å². The third-order valence-electron chi connectivity index (χ3n) is 7.08. The molecule has 1 aliphatic rings. The summed E-state index contributed by atoms with van der Waals surface area (Å²) in [5.41, 5.74) is 1.63. The maximum Gasteiger partial charge on any atom is 0.230 e. The van der Waals surface area contributed by atoms with Crippen molar-refractivity contribution in [3.05, 3.63) is 69.7 Å². The second-order valence-electron chi connectivity index (χ2n) is 9.88. The summed E-state index contributed by atoms with van der Waals surface area (Å²) in [6, 6.07) is 14.9. The lowest BCUT2D eigenvalue weighted by Gasteiger charge is -2.15. The highest BCUT2D eigenvalue weighted by Gasteiger charge is 2.28. The molecule has 1 aliphatic carbocycles. The Labute approximate surface area is 246 Å². The average molecular weight is 593 g/mol. The fraction of sp³-hybridized carbons (Fsp3) is 0.379. The van der Waals surface area contributed by atoms with Gasteiger partial charge >= 0.3 is 0 Å². The molecule has 5 rings (SSSR count). The Morgan fingerprint density at radius 1 is 0.732 bits per heavy atom. The lowest BCUT2D eigenvalue weighted by molar-refractivity contribution is -0.116. The number of aromatic nitrogens is 4. The number of rotatable bonds is 10. The van der Waals surface area contributed by atoms with Gasteiger partial charge in [-0.3, -0.25) is 9.59 Å². The maximum atomic E-state index is 12.7. The number of carbonyl (C=O) groups is 2. The number of anilines is 2. The molecule has 214 valence electrons. The van der Waals surface area contributed by atoms with Crippen molar-refractivity contribution in [2.45, 2.75) is 56.8 Å². The van der Waals surface area contributed by atoms with Crippen LogP contribution in [-0.2, 0) is 22.4 Å². The molecule has 0 spiro atoms. The van der Waals surface area contributed by atoms with Gasteiger partial charge in [-0.25, -0.2) is 0 Å². The first-order chi connectivity index (χ1) is 20.0. The van der Waals surface area contributed by atoms with Gasteiger partial charge in [0.15, 0.2) is 0 Å². The minimum Gasteiger partial charge on any atom is -0.496 e. The van der Waals surface area contributed by atoms with Gasteiger partial charge in [0, 0.05) is 23.0 Å². The summed E-state index contributed by atoms with van der Waals surface area (Å²) in [6.45, 7) is 0. The molecule has 41 heavy (non-hydrogen) atoms. The molecule has 0 aliphatic heterocycles. The largest absolute Gasteiger partial charge is 0.496 e.